The van der Waals surface area contributed by atoms with E-state index in [2.05, 4.69) is 6.58 Å². The van der Waals surface area contributed by atoms with E-state index in [1.807, 2.05) is 19.1 Å². The number of anilines is 1. The second kappa shape index (κ2) is 3.87. The quantitative estimate of drug-likeness (QED) is 0.320. The standard InChI is InChI=1S/C10H12N2O/c1-3-10(13)12(11)9-6-4-8(2)5-7-9/h3-7H,1,11H2,2H3. The minimum atomic E-state index is -0.316. The summed E-state index contributed by atoms with van der Waals surface area (Å²) < 4.78 is 0. The van der Waals surface area contributed by atoms with Gasteiger partial charge in [-0.2, -0.15) is 0 Å². The number of hydrogen-bond acceptors (Lipinski definition) is 2. The zero-order valence-electron chi connectivity index (χ0n) is 7.53. The number of benzene rings is 1. The summed E-state index contributed by atoms with van der Waals surface area (Å²) in [6.07, 6.45) is 1.18. The molecule has 1 aromatic carbocycles. The Labute approximate surface area is 77.4 Å². The van der Waals surface area contributed by atoms with Crippen molar-refractivity contribution in [2.75, 3.05) is 5.01 Å². The van der Waals surface area contributed by atoms with Crippen LogP contribution >= 0.6 is 0 Å². The Balaban J connectivity index is 2.89. The number of aryl methyl sites for hydroxylation is 1. The first-order chi connectivity index (χ1) is 6.15. The summed E-state index contributed by atoms with van der Waals surface area (Å²) in [6.45, 7) is 5.33. The van der Waals surface area contributed by atoms with Gasteiger partial charge in [-0.15, -0.1) is 0 Å². The van der Waals surface area contributed by atoms with E-state index in [4.69, 9.17) is 5.84 Å². The molecule has 1 amide bonds. The zero-order valence-corrected chi connectivity index (χ0v) is 7.53. The molecule has 1 rings (SSSR count). The Bertz CT molecular complexity index is 316. The third-order valence-electron chi connectivity index (χ3n) is 1.72. The SMILES string of the molecule is C=CC(=O)N(N)c1ccc(C)cc1. The molecule has 0 spiro atoms. The van der Waals surface area contributed by atoms with Crippen molar-refractivity contribution in [3.63, 3.8) is 0 Å². The average molecular weight is 176 g/mol. The van der Waals surface area contributed by atoms with Crippen molar-refractivity contribution in [1.29, 1.82) is 0 Å². The summed E-state index contributed by atoms with van der Waals surface area (Å²) in [6, 6.07) is 7.37. The number of nitrogens with zero attached hydrogens (tertiary/aromatic N) is 1. The van der Waals surface area contributed by atoms with E-state index in [-0.39, 0.29) is 5.91 Å². The van der Waals surface area contributed by atoms with Gasteiger partial charge in [0.1, 0.15) is 0 Å². The highest BCUT2D eigenvalue weighted by atomic mass is 16.2. The van der Waals surface area contributed by atoms with Gasteiger partial charge in [0.15, 0.2) is 0 Å². The van der Waals surface area contributed by atoms with Crippen molar-refractivity contribution >= 4 is 11.6 Å². The molecule has 0 saturated heterocycles. The fourth-order valence-corrected chi connectivity index (χ4v) is 0.931. The highest BCUT2D eigenvalue weighted by Gasteiger charge is 2.06. The maximum absolute atomic E-state index is 11.1. The predicted molar refractivity (Wildman–Crippen MR) is 53.0 cm³/mol. The number of hydrazine groups is 1. The molecule has 3 nitrogen and oxygen atoms in total. The first-order valence-corrected chi connectivity index (χ1v) is 3.93. The van der Waals surface area contributed by atoms with Gasteiger partial charge < -0.3 is 0 Å². The highest BCUT2D eigenvalue weighted by Crippen LogP contribution is 2.11. The molecular formula is C10H12N2O. The fourth-order valence-electron chi connectivity index (χ4n) is 0.931. The van der Waals surface area contributed by atoms with Gasteiger partial charge in [0.05, 0.1) is 5.69 Å². The summed E-state index contributed by atoms with van der Waals surface area (Å²) in [5, 5.41) is 1.06. The number of rotatable bonds is 2. The number of carbonyl (C=O) groups excluding carboxylic acids is 1. The van der Waals surface area contributed by atoms with Crippen LogP contribution in [0.5, 0.6) is 0 Å². The van der Waals surface area contributed by atoms with Gasteiger partial charge in [-0.3, -0.25) is 4.79 Å². The van der Waals surface area contributed by atoms with Crippen molar-refractivity contribution < 1.29 is 4.79 Å². The summed E-state index contributed by atoms with van der Waals surface area (Å²) in [4.78, 5) is 11.1. The van der Waals surface area contributed by atoms with Crippen LogP contribution in [0.4, 0.5) is 5.69 Å². The van der Waals surface area contributed by atoms with E-state index in [0.717, 1.165) is 10.6 Å². The van der Waals surface area contributed by atoms with Crippen LogP contribution < -0.4 is 10.9 Å². The molecule has 0 aliphatic heterocycles. The van der Waals surface area contributed by atoms with Crippen LogP contribution in [0.15, 0.2) is 36.9 Å². The Kier molecular flexibility index (Phi) is 2.82. The molecule has 0 heterocycles. The smallest absolute Gasteiger partial charge is 0.264 e. The molecule has 3 heteroatoms. The molecule has 68 valence electrons. The largest absolute Gasteiger partial charge is 0.268 e. The van der Waals surface area contributed by atoms with Crippen molar-refractivity contribution in [2.24, 2.45) is 5.84 Å². The Morgan fingerprint density at radius 2 is 2.00 bits per heavy atom. The number of carbonyl (C=O) groups is 1. The lowest BCUT2D eigenvalue weighted by molar-refractivity contribution is -0.114. The van der Waals surface area contributed by atoms with Gasteiger partial charge in [-0.25, -0.2) is 10.9 Å². The van der Waals surface area contributed by atoms with Crippen LogP contribution in [0, 0.1) is 6.92 Å². The summed E-state index contributed by atoms with van der Waals surface area (Å²) in [5.74, 6) is 5.20. The van der Waals surface area contributed by atoms with Crippen molar-refractivity contribution in [1.82, 2.24) is 0 Å². The molecule has 0 bridgehead atoms. The number of hydrogen-bond donors (Lipinski definition) is 1. The van der Waals surface area contributed by atoms with Crippen molar-refractivity contribution in [2.45, 2.75) is 6.92 Å². The molecule has 2 N–H and O–H groups in total. The van der Waals surface area contributed by atoms with Gasteiger partial charge in [0, 0.05) is 0 Å². The molecule has 0 radical (unpaired) electrons. The monoisotopic (exact) mass is 176 g/mol. The van der Waals surface area contributed by atoms with Crippen LogP contribution in [0.1, 0.15) is 5.56 Å². The maximum Gasteiger partial charge on any atom is 0.264 e. The summed E-state index contributed by atoms with van der Waals surface area (Å²) in [5.41, 5.74) is 1.79. The molecule has 0 aromatic heterocycles. The Morgan fingerprint density at radius 3 is 2.46 bits per heavy atom. The molecule has 13 heavy (non-hydrogen) atoms. The van der Waals surface area contributed by atoms with Gasteiger partial charge >= 0.3 is 0 Å². The van der Waals surface area contributed by atoms with E-state index >= 15 is 0 Å². The normalized spacial score (nSPS) is 9.38. The second-order valence-electron chi connectivity index (χ2n) is 2.75. The molecule has 0 fully saturated rings. The molecule has 0 aliphatic rings. The second-order valence-corrected chi connectivity index (χ2v) is 2.75. The average Bonchev–Trinajstić information content (AvgIpc) is 2.17. The van der Waals surface area contributed by atoms with E-state index in [1.54, 1.807) is 12.1 Å². The number of amides is 1. The van der Waals surface area contributed by atoms with Gasteiger partial charge in [-0.1, -0.05) is 24.3 Å². The lowest BCUT2D eigenvalue weighted by atomic mass is 10.2. The molecule has 1 aromatic rings. The van der Waals surface area contributed by atoms with Crippen LogP contribution in [-0.2, 0) is 4.79 Å². The topological polar surface area (TPSA) is 46.3 Å². The van der Waals surface area contributed by atoms with Crippen LogP contribution in [0.25, 0.3) is 0 Å². The first kappa shape index (κ1) is 9.48. The van der Waals surface area contributed by atoms with Crippen molar-refractivity contribution in [3.05, 3.63) is 42.5 Å². The first-order valence-electron chi connectivity index (χ1n) is 3.93. The Morgan fingerprint density at radius 1 is 1.46 bits per heavy atom. The zero-order chi connectivity index (χ0) is 9.84. The van der Waals surface area contributed by atoms with Crippen LogP contribution in [0.2, 0.25) is 0 Å². The molecule has 0 saturated carbocycles. The molecule has 0 atom stereocenters. The lowest BCUT2D eigenvalue weighted by Gasteiger charge is -2.14. The van der Waals surface area contributed by atoms with Crippen LogP contribution in [-0.4, -0.2) is 5.91 Å². The minimum absolute atomic E-state index is 0.316. The van der Waals surface area contributed by atoms with Crippen LogP contribution in [0.3, 0.4) is 0 Å². The molecule has 0 aliphatic carbocycles. The Hall–Kier alpha value is -1.61. The minimum Gasteiger partial charge on any atom is -0.268 e. The lowest BCUT2D eigenvalue weighted by Crippen LogP contribution is -2.35. The van der Waals surface area contributed by atoms with Gasteiger partial charge in [0.2, 0.25) is 0 Å². The molecular weight excluding hydrogens is 164 g/mol. The molecule has 0 unspecified atom stereocenters. The summed E-state index contributed by atoms with van der Waals surface area (Å²) in [7, 11) is 0. The van der Waals surface area contributed by atoms with E-state index in [0.29, 0.717) is 5.69 Å². The van der Waals surface area contributed by atoms with E-state index < -0.39 is 0 Å². The highest BCUT2D eigenvalue weighted by molar-refractivity contribution is 5.99. The fraction of sp³-hybridized carbons (Fsp3) is 0.100. The van der Waals surface area contributed by atoms with E-state index in [1.165, 1.54) is 6.08 Å². The van der Waals surface area contributed by atoms with Crippen molar-refractivity contribution in [3.8, 4) is 0 Å². The predicted octanol–water partition coefficient (Wildman–Crippen LogP) is 1.39. The third kappa shape index (κ3) is 2.16. The van der Waals surface area contributed by atoms with E-state index in [9.17, 15) is 4.79 Å². The number of nitrogens with two attached hydrogens (primary N) is 1. The van der Waals surface area contributed by atoms with Gasteiger partial charge in [-0.05, 0) is 25.1 Å². The maximum atomic E-state index is 11.1. The van der Waals surface area contributed by atoms with Gasteiger partial charge in [0.25, 0.3) is 5.91 Å². The summed E-state index contributed by atoms with van der Waals surface area (Å²) >= 11 is 0. The third-order valence-corrected chi connectivity index (χ3v) is 1.72.